The van der Waals surface area contributed by atoms with Crippen LogP contribution in [0.2, 0.25) is 0 Å². The lowest BCUT2D eigenvalue weighted by atomic mass is 10.2. The Hall–Kier alpha value is -2.34. The lowest BCUT2D eigenvalue weighted by molar-refractivity contribution is 0.0946. The van der Waals surface area contributed by atoms with Crippen LogP contribution in [0.5, 0.6) is 5.88 Å². The maximum atomic E-state index is 12.3. The van der Waals surface area contributed by atoms with Gasteiger partial charge in [-0.25, -0.2) is 4.98 Å². The van der Waals surface area contributed by atoms with Gasteiger partial charge >= 0.3 is 0 Å². The molecule has 0 saturated heterocycles. The number of carbonyl (C=O) groups is 1. The van der Waals surface area contributed by atoms with Crippen molar-refractivity contribution in [2.75, 3.05) is 6.61 Å². The summed E-state index contributed by atoms with van der Waals surface area (Å²) in [6.45, 7) is 1.17. The molecule has 1 aliphatic carbocycles. The van der Waals surface area contributed by atoms with E-state index in [1.807, 2.05) is 36.4 Å². The van der Waals surface area contributed by atoms with Crippen LogP contribution in [-0.2, 0) is 6.54 Å². The number of fused-ring (bicyclic) bond motifs is 1. The monoisotopic (exact) mass is 399 g/mol. The number of hydrogen-bond donors (Lipinski definition) is 2. The molecule has 1 saturated carbocycles. The molecule has 1 fully saturated rings. The maximum Gasteiger partial charge on any atom is 0.267 e. The summed E-state index contributed by atoms with van der Waals surface area (Å²) in [6.07, 6.45) is 4.26. The molecular formula is C19H18BrN3O2. The van der Waals surface area contributed by atoms with Gasteiger partial charge in [0.05, 0.1) is 6.61 Å². The van der Waals surface area contributed by atoms with E-state index in [-0.39, 0.29) is 5.91 Å². The van der Waals surface area contributed by atoms with Crippen LogP contribution in [0.1, 0.15) is 28.9 Å². The lowest BCUT2D eigenvalue weighted by Crippen LogP contribution is -2.23. The Balaban J connectivity index is 1.35. The van der Waals surface area contributed by atoms with Gasteiger partial charge in [-0.2, -0.15) is 0 Å². The fraction of sp³-hybridized carbons (Fsp3) is 0.263. The second-order valence-electron chi connectivity index (χ2n) is 6.36. The van der Waals surface area contributed by atoms with Crippen molar-refractivity contribution in [1.82, 2.24) is 15.3 Å². The van der Waals surface area contributed by atoms with Gasteiger partial charge in [-0.3, -0.25) is 4.79 Å². The highest BCUT2D eigenvalue weighted by atomic mass is 79.9. The van der Waals surface area contributed by atoms with E-state index in [0.29, 0.717) is 24.0 Å². The van der Waals surface area contributed by atoms with Gasteiger partial charge in [0.25, 0.3) is 5.91 Å². The highest BCUT2D eigenvalue weighted by molar-refractivity contribution is 9.10. The molecule has 25 heavy (non-hydrogen) atoms. The molecule has 0 unspecified atom stereocenters. The zero-order chi connectivity index (χ0) is 17.2. The number of nitrogens with zero attached hydrogens (tertiary/aromatic N) is 1. The summed E-state index contributed by atoms with van der Waals surface area (Å²) in [5.74, 6) is 1.21. The first kappa shape index (κ1) is 16.1. The third-order valence-electron chi connectivity index (χ3n) is 4.24. The Kier molecular flexibility index (Phi) is 4.44. The first-order chi connectivity index (χ1) is 12.2. The van der Waals surface area contributed by atoms with E-state index < -0.39 is 0 Å². The van der Waals surface area contributed by atoms with Crippen LogP contribution in [0.4, 0.5) is 0 Å². The third-order valence-corrected chi connectivity index (χ3v) is 4.74. The molecule has 0 radical (unpaired) electrons. The van der Waals surface area contributed by atoms with Crippen molar-refractivity contribution in [3.8, 4) is 5.88 Å². The summed E-state index contributed by atoms with van der Waals surface area (Å²) in [6, 6.07) is 11.5. The van der Waals surface area contributed by atoms with Crippen molar-refractivity contribution in [2.24, 2.45) is 5.92 Å². The minimum absolute atomic E-state index is 0.138. The highest BCUT2D eigenvalue weighted by Gasteiger charge is 2.22. The van der Waals surface area contributed by atoms with Crippen LogP contribution < -0.4 is 10.1 Å². The first-order valence-corrected chi connectivity index (χ1v) is 9.11. The average molecular weight is 400 g/mol. The van der Waals surface area contributed by atoms with E-state index in [1.54, 1.807) is 6.20 Å². The van der Waals surface area contributed by atoms with Gasteiger partial charge in [0.2, 0.25) is 5.88 Å². The lowest BCUT2D eigenvalue weighted by Gasteiger charge is -2.06. The number of rotatable bonds is 6. The quantitative estimate of drug-likeness (QED) is 0.656. The Morgan fingerprint density at radius 3 is 2.92 bits per heavy atom. The topological polar surface area (TPSA) is 67.0 Å². The van der Waals surface area contributed by atoms with Crippen LogP contribution in [0.3, 0.4) is 0 Å². The molecule has 3 aromatic rings. The van der Waals surface area contributed by atoms with Gasteiger partial charge in [-0.15, -0.1) is 0 Å². The van der Waals surface area contributed by atoms with Gasteiger partial charge in [-0.1, -0.05) is 28.1 Å². The number of aromatic nitrogens is 2. The van der Waals surface area contributed by atoms with Gasteiger partial charge < -0.3 is 15.0 Å². The molecule has 1 aromatic carbocycles. The smallest absolute Gasteiger partial charge is 0.267 e. The van der Waals surface area contributed by atoms with Crippen LogP contribution >= 0.6 is 15.9 Å². The molecule has 0 spiro atoms. The van der Waals surface area contributed by atoms with Crippen LogP contribution in [0, 0.1) is 5.92 Å². The van der Waals surface area contributed by atoms with Crippen molar-refractivity contribution in [3.63, 3.8) is 0 Å². The van der Waals surface area contributed by atoms with Crippen molar-refractivity contribution in [1.29, 1.82) is 0 Å². The second kappa shape index (κ2) is 6.88. The van der Waals surface area contributed by atoms with E-state index in [9.17, 15) is 4.79 Å². The molecule has 4 rings (SSSR count). The van der Waals surface area contributed by atoms with E-state index in [1.165, 1.54) is 12.8 Å². The molecule has 2 N–H and O–H groups in total. The normalized spacial score (nSPS) is 13.8. The second-order valence-corrected chi connectivity index (χ2v) is 7.27. The number of ether oxygens (including phenoxy) is 1. The Bertz CT molecular complexity index is 901. The summed E-state index contributed by atoms with van der Waals surface area (Å²) < 4.78 is 6.59. The Labute approximate surface area is 153 Å². The van der Waals surface area contributed by atoms with E-state index in [4.69, 9.17) is 4.74 Å². The Morgan fingerprint density at radius 1 is 1.28 bits per heavy atom. The van der Waals surface area contributed by atoms with Crippen LogP contribution in [-0.4, -0.2) is 22.5 Å². The number of H-pyrrole nitrogens is 1. The summed E-state index contributed by atoms with van der Waals surface area (Å²) in [7, 11) is 0. The fourth-order valence-corrected chi connectivity index (χ4v) is 2.95. The number of nitrogens with one attached hydrogen (secondary N) is 2. The third kappa shape index (κ3) is 4.02. The number of aromatic amines is 1. The van der Waals surface area contributed by atoms with Gasteiger partial charge in [0.15, 0.2) is 0 Å². The fourth-order valence-electron chi connectivity index (χ4n) is 2.59. The average Bonchev–Trinajstić information content (AvgIpc) is 3.36. The van der Waals surface area contributed by atoms with E-state index in [0.717, 1.165) is 27.5 Å². The summed E-state index contributed by atoms with van der Waals surface area (Å²) in [4.78, 5) is 19.7. The Morgan fingerprint density at radius 2 is 2.16 bits per heavy atom. The maximum absolute atomic E-state index is 12.3. The number of pyridine rings is 1. The molecule has 128 valence electrons. The zero-order valence-electron chi connectivity index (χ0n) is 13.6. The number of carbonyl (C=O) groups excluding carboxylic acids is 1. The predicted molar refractivity (Wildman–Crippen MR) is 99.6 cm³/mol. The van der Waals surface area contributed by atoms with Crippen molar-refractivity contribution in [2.45, 2.75) is 19.4 Å². The molecule has 2 heterocycles. The van der Waals surface area contributed by atoms with Crippen molar-refractivity contribution >= 4 is 32.7 Å². The van der Waals surface area contributed by atoms with Gasteiger partial charge in [-0.05, 0) is 42.5 Å². The zero-order valence-corrected chi connectivity index (χ0v) is 15.2. The highest BCUT2D eigenvalue weighted by Crippen LogP contribution is 2.29. The molecular weight excluding hydrogens is 382 g/mol. The van der Waals surface area contributed by atoms with Crippen molar-refractivity contribution in [3.05, 3.63) is 58.3 Å². The number of hydrogen-bond acceptors (Lipinski definition) is 3. The largest absolute Gasteiger partial charge is 0.477 e. The number of benzene rings is 1. The van der Waals surface area contributed by atoms with Crippen LogP contribution in [0.15, 0.2) is 47.1 Å². The molecule has 1 amide bonds. The van der Waals surface area contributed by atoms with Gasteiger partial charge in [0.1, 0.15) is 5.69 Å². The van der Waals surface area contributed by atoms with Crippen LogP contribution in [0.25, 0.3) is 10.9 Å². The molecule has 1 aliphatic rings. The van der Waals surface area contributed by atoms with Gasteiger partial charge in [0, 0.05) is 34.2 Å². The molecule has 0 atom stereocenters. The van der Waals surface area contributed by atoms with Crippen molar-refractivity contribution < 1.29 is 9.53 Å². The number of amides is 1. The number of halogens is 1. The first-order valence-electron chi connectivity index (χ1n) is 8.31. The van der Waals surface area contributed by atoms with E-state index >= 15 is 0 Å². The minimum Gasteiger partial charge on any atom is -0.477 e. The molecule has 5 nitrogen and oxygen atoms in total. The predicted octanol–water partition coefficient (Wildman–Crippen LogP) is 4.04. The minimum atomic E-state index is -0.138. The summed E-state index contributed by atoms with van der Waals surface area (Å²) >= 11 is 3.43. The van der Waals surface area contributed by atoms with E-state index in [2.05, 4.69) is 31.2 Å². The summed E-state index contributed by atoms with van der Waals surface area (Å²) in [5.41, 5.74) is 2.41. The summed E-state index contributed by atoms with van der Waals surface area (Å²) in [5, 5.41) is 3.91. The SMILES string of the molecule is O=C(NCc1ccc(OCC2CC2)nc1)c1cc2ccc(Br)cc2[nH]1. The molecule has 6 heteroatoms. The molecule has 0 aliphatic heterocycles. The molecule has 2 aromatic heterocycles. The standard InChI is InChI=1S/C19H18BrN3O2/c20-15-5-4-14-7-17(23-16(14)8-15)19(24)22-10-13-3-6-18(21-9-13)25-11-12-1-2-12/h3-9,12,23H,1-2,10-11H2,(H,22,24). The molecule has 0 bridgehead atoms.